The van der Waals surface area contributed by atoms with Gasteiger partial charge in [-0.3, -0.25) is 9.59 Å². The highest BCUT2D eigenvalue weighted by atomic mass is 32.1. The Morgan fingerprint density at radius 3 is 2.86 bits per heavy atom. The van der Waals surface area contributed by atoms with Gasteiger partial charge in [0.2, 0.25) is 5.91 Å². The van der Waals surface area contributed by atoms with Crippen LogP contribution in [0.25, 0.3) is 6.08 Å². The minimum absolute atomic E-state index is 0.0631. The van der Waals surface area contributed by atoms with E-state index in [9.17, 15) is 9.59 Å². The molecule has 152 valence electrons. The van der Waals surface area contributed by atoms with Crippen LogP contribution in [0.4, 0.5) is 0 Å². The highest BCUT2D eigenvalue weighted by Gasteiger charge is 2.39. The van der Waals surface area contributed by atoms with Crippen molar-refractivity contribution < 1.29 is 14.3 Å². The van der Waals surface area contributed by atoms with Crippen LogP contribution >= 0.6 is 11.3 Å². The number of fused-ring (bicyclic) bond motifs is 1. The van der Waals surface area contributed by atoms with E-state index in [0.717, 1.165) is 37.2 Å². The summed E-state index contributed by atoms with van der Waals surface area (Å²) >= 11 is 1.62. The largest absolute Gasteiger partial charge is 0.497 e. The van der Waals surface area contributed by atoms with Crippen molar-refractivity contribution in [3.8, 4) is 5.75 Å². The summed E-state index contributed by atoms with van der Waals surface area (Å²) in [5.41, 5.74) is 0.669. The number of ether oxygens (including phenoxy) is 1. The SMILES string of the molecule is COc1cccc(C(=O)N2CCC[C@@H]3CN(C(=O)C=Cc4cccs4)CC[C@H]32)c1. The first-order chi connectivity index (χ1) is 14.2. The third kappa shape index (κ3) is 4.37. The molecule has 2 amide bonds. The van der Waals surface area contributed by atoms with E-state index >= 15 is 0 Å². The number of carbonyl (C=O) groups is 2. The lowest BCUT2D eigenvalue weighted by molar-refractivity contribution is -0.129. The van der Waals surface area contributed by atoms with Crippen LogP contribution in [0.1, 0.15) is 34.5 Å². The molecule has 6 heteroatoms. The predicted octanol–water partition coefficient (Wildman–Crippen LogP) is 3.92. The summed E-state index contributed by atoms with van der Waals surface area (Å²) < 4.78 is 5.27. The molecule has 2 atom stereocenters. The second kappa shape index (κ2) is 8.82. The standard InChI is InChI=1S/C23H26N2O3S/c1-28-19-7-2-5-17(15-19)23(27)25-12-3-6-18-16-24(13-11-21(18)25)22(26)10-9-20-8-4-14-29-20/h2,4-5,7-10,14-15,18,21H,3,6,11-13,16H2,1H3/t18-,21-/m1/s1. The fourth-order valence-corrected chi connectivity index (χ4v) is 5.04. The van der Waals surface area contributed by atoms with Crippen molar-refractivity contribution in [2.75, 3.05) is 26.7 Å². The summed E-state index contributed by atoms with van der Waals surface area (Å²) in [7, 11) is 1.61. The smallest absolute Gasteiger partial charge is 0.254 e. The van der Waals surface area contributed by atoms with Crippen LogP contribution in [-0.2, 0) is 4.79 Å². The Hall–Kier alpha value is -2.60. The Kier molecular flexibility index (Phi) is 6.00. The van der Waals surface area contributed by atoms with Gasteiger partial charge in [0.25, 0.3) is 5.91 Å². The molecule has 4 rings (SSSR count). The van der Waals surface area contributed by atoms with Crippen LogP contribution in [0.15, 0.2) is 47.9 Å². The number of nitrogens with zero attached hydrogens (tertiary/aromatic N) is 2. The van der Waals surface area contributed by atoms with Crippen LogP contribution in [0.2, 0.25) is 0 Å². The van der Waals surface area contributed by atoms with Crippen molar-refractivity contribution in [1.29, 1.82) is 0 Å². The molecule has 0 spiro atoms. The van der Waals surface area contributed by atoms with Crippen LogP contribution < -0.4 is 4.74 Å². The number of methoxy groups -OCH3 is 1. The van der Waals surface area contributed by atoms with E-state index in [1.807, 2.05) is 51.6 Å². The molecule has 2 aromatic rings. The van der Waals surface area contributed by atoms with Gasteiger partial charge >= 0.3 is 0 Å². The fourth-order valence-electron chi connectivity index (χ4n) is 4.42. The van der Waals surface area contributed by atoms with E-state index in [2.05, 4.69) is 0 Å². The van der Waals surface area contributed by atoms with Crippen molar-refractivity contribution in [3.05, 3.63) is 58.3 Å². The first-order valence-electron chi connectivity index (χ1n) is 10.1. The van der Waals surface area contributed by atoms with Gasteiger partial charge in [-0.1, -0.05) is 12.1 Å². The number of amides is 2. The van der Waals surface area contributed by atoms with Gasteiger partial charge in [-0.15, -0.1) is 11.3 Å². The molecule has 0 unspecified atom stereocenters. The summed E-state index contributed by atoms with van der Waals surface area (Å²) in [4.78, 5) is 30.8. The minimum atomic E-state index is 0.0631. The average Bonchev–Trinajstić information content (AvgIpc) is 3.30. The third-order valence-corrected chi connectivity index (χ3v) is 6.73. The van der Waals surface area contributed by atoms with Crippen molar-refractivity contribution in [1.82, 2.24) is 9.80 Å². The summed E-state index contributed by atoms with van der Waals surface area (Å²) in [6.07, 6.45) is 6.43. The Labute approximate surface area is 175 Å². The topological polar surface area (TPSA) is 49.9 Å². The number of likely N-dealkylation sites (tertiary alicyclic amines) is 2. The zero-order valence-electron chi connectivity index (χ0n) is 16.6. The van der Waals surface area contributed by atoms with Gasteiger partial charge < -0.3 is 14.5 Å². The molecule has 0 aliphatic carbocycles. The molecular formula is C23H26N2O3S. The predicted molar refractivity (Wildman–Crippen MR) is 115 cm³/mol. The molecular weight excluding hydrogens is 384 g/mol. The fraction of sp³-hybridized carbons (Fsp3) is 0.391. The van der Waals surface area contributed by atoms with Gasteiger partial charge in [-0.2, -0.15) is 0 Å². The maximum atomic E-state index is 13.2. The Bertz CT molecular complexity index is 893. The van der Waals surface area contributed by atoms with Gasteiger partial charge in [0.15, 0.2) is 0 Å². The van der Waals surface area contributed by atoms with Crippen molar-refractivity contribution in [3.63, 3.8) is 0 Å². The molecule has 0 radical (unpaired) electrons. The van der Waals surface area contributed by atoms with Gasteiger partial charge in [0.05, 0.1) is 7.11 Å². The maximum Gasteiger partial charge on any atom is 0.254 e. The normalized spacial score (nSPS) is 21.8. The zero-order chi connectivity index (χ0) is 20.2. The number of piperidine rings is 2. The molecule has 0 bridgehead atoms. The average molecular weight is 411 g/mol. The van der Waals surface area contributed by atoms with Gasteiger partial charge in [0, 0.05) is 42.2 Å². The molecule has 0 saturated carbocycles. The van der Waals surface area contributed by atoms with Gasteiger partial charge in [0.1, 0.15) is 5.75 Å². The molecule has 1 aromatic heterocycles. The first-order valence-corrected chi connectivity index (χ1v) is 11.0. The zero-order valence-corrected chi connectivity index (χ0v) is 17.4. The molecule has 2 fully saturated rings. The molecule has 1 aromatic carbocycles. The van der Waals surface area contributed by atoms with Gasteiger partial charge in [-0.25, -0.2) is 0 Å². The first kappa shape index (κ1) is 19.7. The molecule has 29 heavy (non-hydrogen) atoms. The lowest BCUT2D eigenvalue weighted by Gasteiger charge is -2.47. The van der Waals surface area contributed by atoms with E-state index < -0.39 is 0 Å². The molecule has 0 N–H and O–H groups in total. The second-order valence-corrected chi connectivity index (χ2v) is 8.60. The number of hydrogen-bond donors (Lipinski definition) is 0. The van der Waals surface area contributed by atoms with Crippen LogP contribution in [0.3, 0.4) is 0 Å². The molecule has 2 saturated heterocycles. The van der Waals surface area contributed by atoms with E-state index in [1.165, 1.54) is 0 Å². The number of carbonyl (C=O) groups excluding carboxylic acids is 2. The Morgan fingerprint density at radius 1 is 1.17 bits per heavy atom. The van der Waals surface area contributed by atoms with E-state index in [0.29, 0.717) is 23.8 Å². The summed E-state index contributed by atoms with van der Waals surface area (Å²) in [5, 5.41) is 2.01. The lowest BCUT2D eigenvalue weighted by Crippen LogP contribution is -2.56. The molecule has 2 aliphatic rings. The van der Waals surface area contributed by atoms with E-state index in [-0.39, 0.29) is 17.9 Å². The Morgan fingerprint density at radius 2 is 2.07 bits per heavy atom. The van der Waals surface area contributed by atoms with Crippen LogP contribution in [0.5, 0.6) is 5.75 Å². The van der Waals surface area contributed by atoms with E-state index in [1.54, 1.807) is 30.6 Å². The molecule has 5 nitrogen and oxygen atoms in total. The van der Waals surface area contributed by atoms with Crippen molar-refractivity contribution in [2.45, 2.75) is 25.3 Å². The summed E-state index contributed by atoms with van der Waals surface area (Å²) in [6, 6.07) is 11.5. The number of thiophene rings is 1. The quantitative estimate of drug-likeness (QED) is 0.718. The Balaban J connectivity index is 1.42. The maximum absolute atomic E-state index is 13.2. The highest BCUT2D eigenvalue weighted by molar-refractivity contribution is 7.10. The summed E-state index contributed by atoms with van der Waals surface area (Å²) in [6.45, 7) is 2.19. The molecule has 3 heterocycles. The van der Waals surface area contributed by atoms with Crippen molar-refractivity contribution in [2.24, 2.45) is 5.92 Å². The van der Waals surface area contributed by atoms with Crippen molar-refractivity contribution >= 4 is 29.2 Å². The van der Waals surface area contributed by atoms with Crippen LogP contribution in [-0.4, -0.2) is 54.4 Å². The molecule has 2 aliphatic heterocycles. The minimum Gasteiger partial charge on any atom is -0.497 e. The summed E-state index contributed by atoms with van der Waals surface area (Å²) in [5.74, 6) is 1.16. The second-order valence-electron chi connectivity index (χ2n) is 7.62. The third-order valence-electron chi connectivity index (χ3n) is 5.89. The monoisotopic (exact) mass is 410 g/mol. The number of rotatable bonds is 4. The lowest BCUT2D eigenvalue weighted by atomic mass is 9.83. The van der Waals surface area contributed by atoms with Crippen LogP contribution in [0, 0.1) is 5.92 Å². The highest BCUT2D eigenvalue weighted by Crippen LogP contribution is 2.32. The number of hydrogen-bond acceptors (Lipinski definition) is 4. The van der Waals surface area contributed by atoms with E-state index in [4.69, 9.17) is 4.74 Å². The number of benzene rings is 1. The van der Waals surface area contributed by atoms with Gasteiger partial charge in [-0.05, 0) is 60.9 Å².